The fourth-order valence-corrected chi connectivity index (χ4v) is 2.65. The van der Waals surface area contributed by atoms with Crippen molar-refractivity contribution in [1.29, 1.82) is 0 Å². The summed E-state index contributed by atoms with van der Waals surface area (Å²) >= 11 is 0. The molecule has 0 aliphatic carbocycles. The number of carbonyl (C=O) groups is 1. The fourth-order valence-electron chi connectivity index (χ4n) is 2.65. The highest BCUT2D eigenvalue weighted by Crippen LogP contribution is 2.23. The van der Waals surface area contributed by atoms with Crippen LogP contribution in [0.5, 0.6) is 0 Å². The Morgan fingerprint density at radius 1 is 1.30 bits per heavy atom. The standard InChI is InChI=1S/C15H14N4O/c20-15(12-2-3-14-11(8-12)4-6-16-14)18-9-13(10-18)19-7-1-5-17-19/h1-8,13,16H,9-10H2. The second-order valence-corrected chi connectivity index (χ2v) is 5.13. The van der Waals surface area contributed by atoms with Gasteiger partial charge in [0, 0.05) is 48.1 Å². The first-order chi connectivity index (χ1) is 9.81. The second kappa shape index (κ2) is 4.23. The van der Waals surface area contributed by atoms with Gasteiger partial charge in [0.25, 0.3) is 5.91 Å². The summed E-state index contributed by atoms with van der Waals surface area (Å²) in [4.78, 5) is 17.4. The summed E-state index contributed by atoms with van der Waals surface area (Å²) in [6, 6.07) is 9.97. The van der Waals surface area contributed by atoms with E-state index in [-0.39, 0.29) is 5.91 Å². The highest BCUT2D eigenvalue weighted by Gasteiger charge is 2.32. The van der Waals surface area contributed by atoms with Gasteiger partial charge in [0.15, 0.2) is 0 Å². The number of H-pyrrole nitrogens is 1. The number of hydrogen-bond donors (Lipinski definition) is 1. The molecular weight excluding hydrogens is 252 g/mol. The first kappa shape index (κ1) is 11.3. The molecule has 5 nitrogen and oxygen atoms in total. The van der Waals surface area contributed by atoms with Gasteiger partial charge in [0.2, 0.25) is 0 Å². The van der Waals surface area contributed by atoms with Gasteiger partial charge < -0.3 is 9.88 Å². The van der Waals surface area contributed by atoms with E-state index in [0.717, 1.165) is 29.6 Å². The summed E-state index contributed by atoms with van der Waals surface area (Å²) in [5.74, 6) is 0.0940. The fraction of sp³-hybridized carbons (Fsp3) is 0.200. The van der Waals surface area contributed by atoms with Crippen molar-refractivity contribution in [2.24, 2.45) is 0 Å². The lowest BCUT2D eigenvalue weighted by molar-refractivity contribution is 0.0502. The van der Waals surface area contributed by atoms with E-state index in [1.165, 1.54) is 0 Å². The van der Waals surface area contributed by atoms with Crippen LogP contribution in [0, 0.1) is 0 Å². The summed E-state index contributed by atoms with van der Waals surface area (Å²) < 4.78 is 1.92. The zero-order chi connectivity index (χ0) is 13.5. The molecule has 1 N–H and O–H groups in total. The number of aromatic nitrogens is 3. The monoisotopic (exact) mass is 266 g/mol. The molecule has 100 valence electrons. The number of amides is 1. The van der Waals surface area contributed by atoms with Crippen LogP contribution in [-0.4, -0.2) is 38.7 Å². The molecule has 0 spiro atoms. The maximum Gasteiger partial charge on any atom is 0.254 e. The molecule has 20 heavy (non-hydrogen) atoms. The molecule has 2 aromatic heterocycles. The van der Waals surface area contributed by atoms with Crippen molar-refractivity contribution in [3.8, 4) is 0 Å². The predicted octanol–water partition coefficient (Wildman–Crippen LogP) is 2.06. The molecule has 0 radical (unpaired) electrons. The van der Waals surface area contributed by atoms with Crippen LogP contribution in [0.3, 0.4) is 0 Å². The number of likely N-dealkylation sites (tertiary alicyclic amines) is 1. The molecule has 0 unspecified atom stereocenters. The predicted molar refractivity (Wildman–Crippen MR) is 75.5 cm³/mol. The van der Waals surface area contributed by atoms with Gasteiger partial charge >= 0.3 is 0 Å². The Balaban J connectivity index is 1.51. The van der Waals surface area contributed by atoms with Crippen LogP contribution in [0.4, 0.5) is 0 Å². The minimum Gasteiger partial charge on any atom is -0.361 e. The highest BCUT2D eigenvalue weighted by molar-refractivity contribution is 5.98. The van der Waals surface area contributed by atoms with Crippen molar-refractivity contribution in [3.05, 3.63) is 54.5 Å². The van der Waals surface area contributed by atoms with Crippen LogP contribution in [0.15, 0.2) is 48.9 Å². The Bertz CT molecular complexity index is 753. The molecule has 1 aromatic carbocycles. The van der Waals surface area contributed by atoms with Crippen molar-refractivity contribution in [1.82, 2.24) is 19.7 Å². The van der Waals surface area contributed by atoms with E-state index in [1.54, 1.807) is 6.20 Å². The van der Waals surface area contributed by atoms with Gasteiger partial charge in [-0.2, -0.15) is 5.10 Å². The van der Waals surface area contributed by atoms with E-state index in [0.29, 0.717) is 6.04 Å². The summed E-state index contributed by atoms with van der Waals surface area (Å²) in [6.07, 6.45) is 5.60. The quantitative estimate of drug-likeness (QED) is 0.772. The zero-order valence-corrected chi connectivity index (χ0v) is 10.9. The van der Waals surface area contributed by atoms with Gasteiger partial charge in [0.1, 0.15) is 0 Å². The number of fused-ring (bicyclic) bond motifs is 1. The molecular formula is C15H14N4O. The topological polar surface area (TPSA) is 53.9 Å². The largest absolute Gasteiger partial charge is 0.361 e. The van der Waals surface area contributed by atoms with E-state index in [9.17, 15) is 4.79 Å². The maximum atomic E-state index is 12.4. The first-order valence-corrected chi connectivity index (χ1v) is 6.67. The smallest absolute Gasteiger partial charge is 0.254 e. The molecule has 1 aliphatic heterocycles. The molecule has 0 saturated carbocycles. The molecule has 3 aromatic rings. The lowest BCUT2D eigenvalue weighted by atomic mass is 10.1. The first-order valence-electron chi connectivity index (χ1n) is 6.67. The SMILES string of the molecule is O=C(c1ccc2[nH]ccc2c1)N1CC(n2cccn2)C1. The molecule has 1 amide bonds. The van der Waals surface area contributed by atoms with Crippen LogP contribution in [0.2, 0.25) is 0 Å². The third-order valence-corrected chi connectivity index (χ3v) is 3.85. The van der Waals surface area contributed by atoms with Gasteiger partial charge in [-0.25, -0.2) is 0 Å². The summed E-state index contributed by atoms with van der Waals surface area (Å²) in [5.41, 5.74) is 1.80. The Morgan fingerprint density at radius 2 is 2.20 bits per heavy atom. The third-order valence-electron chi connectivity index (χ3n) is 3.85. The summed E-state index contributed by atoms with van der Waals surface area (Å²) in [5, 5.41) is 5.28. The molecule has 0 atom stereocenters. The number of hydrogen-bond acceptors (Lipinski definition) is 2. The minimum atomic E-state index is 0.0940. The van der Waals surface area contributed by atoms with Gasteiger partial charge in [-0.1, -0.05) is 0 Å². The Hall–Kier alpha value is -2.56. The Morgan fingerprint density at radius 3 is 3.00 bits per heavy atom. The van der Waals surface area contributed by atoms with Gasteiger partial charge in [-0.05, 0) is 30.3 Å². The van der Waals surface area contributed by atoms with Crippen molar-refractivity contribution in [2.75, 3.05) is 13.1 Å². The number of nitrogens with zero attached hydrogens (tertiary/aromatic N) is 3. The number of aromatic amines is 1. The molecule has 4 rings (SSSR count). The van der Waals surface area contributed by atoms with Crippen LogP contribution >= 0.6 is 0 Å². The van der Waals surface area contributed by atoms with Crippen molar-refractivity contribution in [2.45, 2.75) is 6.04 Å². The van der Waals surface area contributed by atoms with Crippen LogP contribution < -0.4 is 0 Å². The Labute approximate surface area is 115 Å². The maximum absolute atomic E-state index is 12.4. The van der Waals surface area contributed by atoms with Crippen LogP contribution in [0.25, 0.3) is 10.9 Å². The third kappa shape index (κ3) is 1.71. The van der Waals surface area contributed by atoms with Gasteiger partial charge in [-0.15, -0.1) is 0 Å². The highest BCUT2D eigenvalue weighted by atomic mass is 16.2. The number of rotatable bonds is 2. The number of benzene rings is 1. The van der Waals surface area contributed by atoms with E-state index in [1.807, 2.05) is 52.3 Å². The van der Waals surface area contributed by atoms with Crippen molar-refractivity contribution in [3.63, 3.8) is 0 Å². The van der Waals surface area contributed by atoms with Crippen molar-refractivity contribution >= 4 is 16.8 Å². The normalized spacial score (nSPS) is 15.5. The zero-order valence-electron chi connectivity index (χ0n) is 10.9. The molecule has 5 heteroatoms. The minimum absolute atomic E-state index is 0.0940. The van der Waals surface area contributed by atoms with Gasteiger partial charge in [0.05, 0.1) is 6.04 Å². The van der Waals surface area contributed by atoms with E-state index in [4.69, 9.17) is 0 Å². The average molecular weight is 266 g/mol. The lowest BCUT2D eigenvalue weighted by Gasteiger charge is -2.39. The van der Waals surface area contributed by atoms with Crippen molar-refractivity contribution < 1.29 is 4.79 Å². The molecule has 1 saturated heterocycles. The van der Waals surface area contributed by atoms with E-state index < -0.39 is 0 Å². The van der Waals surface area contributed by atoms with E-state index >= 15 is 0 Å². The molecule has 1 aliphatic rings. The molecule has 0 bridgehead atoms. The Kier molecular flexibility index (Phi) is 2.39. The molecule has 1 fully saturated rings. The van der Waals surface area contributed by atoms with Crippen LogP contribution in [0.1, 0.15) is 16.4 Å². The number of carbonyl (C=O) groups excluding carboxylic acids is 1. The molecule has 3 heterocycles. The second-order valence-electron chi connectivity index (χ2n) is 5.13. The average Bonchev–Trinajstić information content (AvgIpc) is 3.06. The van der Waals surface area contributed by atoms with E-state index in [2.05, 4.69) is 10.1 Å². The summed E-state index contributed by atoms with van der Waals surface area (Å²) in [6.45, 7) is 1.46. The van der Waals surface area contributed by atoms with Gasteiger partial charge in [-0.3, -0.25) is 9.48 Å². The number of nitrogens with one attached hydrogen (secondary N) is 1. The van der Waals surface area contributed by atoms with Crippen LogP contribution in [-0.2, 0) is 0 Å². The summed E-state index contributed by atoms with van der Waals surface area (Å²) in [7, 11) is 0. The lowest BCUT2D eigenvalue weighted by Crippen LogP contribution is -2.50.